The van der Waals surface area contributed by atoms with Gasteiger partial charge in [0, 0.05) is 19.5 Å². The predicted molar refractivity (Wildman–Crippen MR) is 106 cm³/mol. The lowest BCUT2D eigenvalue weighted by Crippen LogP contribution is -2.31. The fraction of sp³-hybridized carbons (Fsp3) is 0.318. The molecule has 3 aromatic rings. The van der Waals surface area contributed by atoms with E-state index in [0.29, 0.717) is 25.0 Å². The Hall–Kier alpha value is -3.22. The SMILES string of the molecule is CCC(=O)N1CCC[C@H]1c1nc2cc(C(=O)O)ccc2n1Cc1ccc(F)cc1. The average Bonchev–Trinajstić information content (AvgIpc) is 3.33. The number of halogens is 1. The normalized spacial score (nSPS) is 16.5. The van der Waals surface area contributed by atoms with Gasteiger partial charge in [-0.3, -0.25) is 4.79 Å². The minimum atomic E-state index is -1.01. The fourth-order valence-electron chi connectivity index (χ4n) is 4.01. The van der Waals surface area contributed by atoms with Crippen LogP contribution < -0.4 is 0 Å². The molecule has 2 aromatic carbocycles. The third-order valence-corrected chi connectivity index (χ3v) is 5.45. The van der Waals surface area contributed by atoms with Crippen LogP contribution in [0.15, 0.2) is 42.5 Å². The summed E-state index contributed by atoms with van der Waals surface area (Å²) in [6, 6.07) is 11.0. The van der Waals surface area contributed by atoms with Crippen molar-refractivity contribution in [3.8, 4) is 0 Å². The topological polar surface area (TPSA) is 75.4 Å². The highest BCUT2D eigenvalue weighted by molar-refractivity contribution is 5.92. The molecule has 1 aromatic heterocycles. The summed E-state index contributed by atoms with van der Waals surface area (Å²) < 4.78 is 15.3. The molecule has 0 radical (unpaired) electrons. The Balaban J connectivity index is 1.83. The molecule has 0 unspecified atom stereocenters. The maximum absolute atomic E-state index is 13.3. The molecule has 7 heteroatoms. The molecule has 150 valence electrons. The monoisotopic (exact) mass is 395 g/mol. The number of hydrogen-bond acceptors (Lipinski definition) is 3. The smallest absolute Gasteiger partial charge is 0.335 e. The van der Waals surface area contributed by atoms with Gasteiger partial charge in [-0.25, -0.2) is 14.2 Å². The lowest BCUT2D eigenvalue weighted by atomic mass is 10.1. The van der Waals surface area contributed by atoms with Gasteiger partial charge in [0.2, 0.25) is 5.91 Å². The molecule has 1 fully saturated rings. The van der Waals surface area contributed by atoms with Crippen LogP contribution in [0.4, 0.5) is 4.39 Å². The zero-order valence-corrected chi connectivity index (χ0v) is 16.1. The van der Waals surface area contributed by atoms with E-state index in [2.05, 4.69) is 0 Å². The third kappa shape index (κ3) is 3.60. The molecule has 0 bridgehead atoms. The van der Waals surface area contributed by atoms with Gasteiger partial charge in [-0.1, -0.05) is 19.1 Å². The number of likely N-dealkylation sites (tertiary alicyclic amines) is 1. The lowest BCUT2D eigenvalue weighted by Gasteiger charge is -2.25. The number of nitrogens with zero attached hydrogens (tertiary/aromatic N) is 3. The number of carbonyl (C=O) groups excluding carboxylic acids is 1. The van der Waals surface area contributed by atoms with Crippen molar-refractivity contribution in [3.63, 3.8) is 0 Å². The maximum Gasteiger partial charge on any atom is 0.335 e. The Kier molecular flexibility index (Phi) is 5.05. The Labute approximate surface area is 167 Å². The Bertz CT molecular complexity index is 1070. The number of imidazole rings is 1. The van der Waals surface area contributed by atoms with Crippen molar-refractivity contribution in [2.24, 2.45) is 0 Å². The summed E-state index contributed by atoms with van der Waals surface area (Å²) in [5.41, 5.74) is 2.45. The number of fused-ring (bicyclic) bond motifs is 1. The number of carboxylic acids is 1. The van der Waals surface area contributed by atoms with Crippen LogP contribution in [0.25, 0.3) is 11.0 Å². The van der Waals surface area contributed by atoms with Gasteiger partial charge in [0.05, 0.1) is 22.6 Å². The zero-order chi connectivity index (χ0) is 20.5. The fourth-order valence-corrected chi connectivity index (χ4v) is 4.01. The van der Waals surface area contributed by atoms with Crippen molar-refractivity contribution in [2.75, 3.05) is 6.54 Å². The van der Waals surface area contributed by atoms with E-state index in [1.807, 2.05) is 16.4 Å². The Morgan fingerprint density at radius 2 is 1.97 bits per heavy atom. The van der Waals surface area contributed by atoms with Crippen LogP contribution in [-0.4, -0.2) is 38.0 Å². The molecule has 1 N–H and O–H groups in total. The molecule has 0 spiro atoms. The number of carbonyl (C=O) groups is 2. The van der Waals surface area contributed by atoms with Gasteiger partial charge in [-0.15, -0.1) is 0 Å². The van der Waals surface area contributed by atoms with Gasteiger partial charge < -0.3 is 14.6 Å². The second-order valence-electron chi connectivity index (χ2n) is 7.29. The average molecular weight is 395 g/mol. The first-order chi connectivity index (χ1) is 14.0. The summed E-state index contributed by atoms with van der Waals surface area (Å²) in [5.74, 6) is -0.485. The summed E-state index contributed by atoms with van der Waals surface area (Å²) in [6.07, 6.45) is 2.14. The summed E-state index contributed by atoms with van der Waals surface area (Å²) >= 11 is 0. The molecular weight excluding hydrogens is 373 g/mol. The van der Waals surface area contributed by atoms with Gasteiger partial charge in [0.15, 0.2) is 0 Å². The number of rotatable bonds is 5. The standard InChI is InChI=1S/C22H22FN3O3/c1-2-20(27)25-11-3-4-19(25)21-24-17-12-15(22(28)29)7-10-18(17)26(21)13-14-5-8-16(23)9-6-14/h5-10,12,19H,2-4,11,13H2,1H3,(H,28,29)/t19-/m0/s1. The van der Waals surface area contributed by atoms with Crippen LogP contribution in [0.2, 0.25) is 0 Å². The molecule has 2 heterocycles. The number of hydrogen-bond donors (Lipinski definition) is 1. The number of aromatic nitrogens is 2. The molecule has 6 nitrogen and oxygen atoms in total. The van der Waals surface area contributed by atoms with Crippen molar-refractivity contribution in [1.82, 2.24) is 14.5 Å². The first kappa shape index (κ1) is 19.1. The largest absolute Gasteiger partial charge is 0.478 e. The van der Waals surface area contributed by atoms with Crippen molar-refractivity contribution in [2.45, 2.75) is 38.8 Å². The molecular formula is C22H22FN3O3. The van der Waals surface area contributed by atoms with Crippen LogP contribution >= 0.6 is 0 Å². The van der Waals surface area contributed by atoms with Crippen LogP contribution in [0, 0.1) is 5.82 Å². The predicted octanol–water partition coefficient (Wildman–Crippen LogP) is 4.00. The van der Waals surface area contributed by atoms with Gasteiger partial charge in [-0.2, -0.15) is 0 Å². The van der Waals surface area contributed by atoms with E-state index in [1.54, 1.807) is 30.3 Å². The summed E-state index contributed by atoms with van der Waals surface area (Å²) in [7, 11) is 0. The van der Waals surface area contributed by atoms with Gasteiger partial charge >= 0.3 is 5.97 Å². The zero-order valence-electron chi connectivity index (χ0n) is 16.1. The van der Waals surface area contributed by atoms with E-state index >= 15 is 0 Å². The molecule has 1 aliphatic heterocycles. The van der Waals surface area contributed by atoms with Gasteiger partial charge in [0.1, 0.15) is 11.6 Å². The van der Waals surface area contributed by atoms with E-state index in [-0.39, 0.29) is 23.3 Å². The lowest BCUT2D eigenvalue weighted by molar-refractivity contribution is -0.131. The summed E-state index contributed by atoms with van der Waals surface area (Å²) in [4.78, 5) is 30.4. The van der Waals surface area contributed by atoms with Crippen molar-refractivity contribution in [3.05, 3.63) is 65.2 Å². The van der Waals surface area contributed by atoms with Crippen molar-refractivity contribution in [1.29, 1.82) is 0 Å². The summed E-state index contributed by atoms with van der Waals surface area (Å²) in [5, 5.41) is 9.32. The van der Waals surface area contributed by atoms with Crippen LogP contribution in [0.1, 0.15) is 54.0 Å². The molecule has 1 atom stereocenters. The highest BCUT2D eigenvalue weighted by atomic mass is 19.1. The molecule has 0 aliphatic carbocycles. The van der Waals surface area contributed by atoms with Crippen LogP contribution in [-0.2, 0) is 11.3 Å². The van der Waals surface area contributed by atoms with E-state index < -0.39 is 5.97 Å². The molecule has 1 amide bonds. The number of amides is 1. The summed E-state index contributed by atoms with van der Waals surface area (Å²) in [6.45, 7) is 3.00. The molecule has 0 saturated carbocycles. The van der Waals surface area contributed by atoms with E-state index in [9.17, 15) is 19.1 Å². The molecule has 1 aliphatic rings. The maximum atomic E-state index is 13.3. The molecule has 29 heavy (non-hydrogen) atoms. The van der Waals surface area contributed by atoms with E-state index in [0.717, 1.165) is 29.7 Å². The van der Waals surface area contributed by atoms with Crippen LogP contribution in [0.5, 0.6) is 0 Å². The van der Waals surface area contributed by atoms with Crippen molar-refractivity contribution < 1.29 is 19.1 Å². The minimum Gasteiger partial charge on any atom is -0.478 e. The van der Waals surface area contributed by atoms with Gasteiger partial charge in [0.25, 0.3) is 0 Å². The number of benzene rings is 2. The Morgan fingerprint density at radius 3 is 2.66 bits per heavy atom. The number of carboxylic acid groups (broad SMARTS) is 1. The van der Waals surface area contributed by atoms with Crippen molar-refractivity contribution >= 4 is 22.9 Å². The third-order valence-electron chi connectivity index (χ3n) is 5.45. The van der Waals surface area contributed by atoms with Gasteiger partial charge in [-0.05, 0) is 48.7 Å². The number of aromatic carboxylic acids is 1. The molecule has 4 rings (SSSR count). The first-order valence-corrected chi connectivity index (χ1v) is 9.75. The van der Waals surface area contributed by atoms with E-state index in [4.69, 9.17) is 4.98 Å². The van der Waals surface area contributed by atoms with Crippen LogP contribution in [0.3, 0.4) is 0 Å². The molecule has 1 saturated heterocycles. The van der Waals surface area contributed by atoms with E-state index in [1.165, 1.54) is 12.1 Å². The Morgan fingerprint density at radius 1 is 1.21 bits per heavy atom. The minimum absolute atomic E-state index is 0.0825. The quantitative estimate of drug-likeness (QED) is 0.709. The highest BCUT2D eigenvalue weighted by Crippen LogP contribution is 2.34. The first-order valence-electron chi connectivity index (χ1n) is 9.75. The second-order valence-corrected chi connectivity index (χ2v) is 7.29. The second kappa shape index (κ2) is 7.66. The highest BCUT2D eigenvalue weighted by Gasteiger charge is 2.33.